The van der Waals surface area contributed by atoms with E-state index in [2.05, 4.69) is 4.74 Å². The quantitative estimate of drug-likeness (QED) is 0.604. The van der Waals surface area contributed by atoms with Gasteiger partial charge in [0, 0.05) is 6.42 Å². The molecule has 0 aliphatic carbocycles. The van der Waals surface area contributed by atoms with E-state index in [1.807, 2.05) is 0 Å². The summed E-state index contributed by atoms with van der Waals surface area (Å²) in [6.07, 6.45) is -0.104. The molecule has 1 aromatic carbocycles. The summed E-state index contributed by atoms with van der Waals surface area (Å²) in [5.74, 6) is -0.386. The molecule has 1 atom stereocenters. The zero-order valence-corrected chi connectivity index (χ0v) is 9.80. The van der Waals surface area contributed by atoms with Crippen LogP contribution in [0.3, 0.4) is 0 Å². The molecule has 0 heterocycles. The van der Waals surface area contributed by atoms with Crippen molar-refractivity contribution in [3.8, 4) is 5.75 Å². The zero-order chi connectivity index (χ0) is 12.8. The number of carbonyl (C=O) groups is 2. The molecule has 5 heteroatoms. The molecule has 0 spiro atoms. The molecule has 0 saturated heterocycles. The average Bonchev–Trinajstić information content (AvgIpc) is 2.37. The molecular formula is C12H15NO4. The van der Waals surface area contributed by atoms with E-state index in [-0.39, 0.29) is 12.2 Å². The van der Waals surface area contributed by atoms with Crippen molar-refractivity contribution in [2.45, 2.75) is 12.5 Å². The molecule has 1 unspecified atom stereocenters. The van der Waals surface area contributed by atoms with Gasteiger partial charge in [0.15, 0.2) is 5.78 Å². The lowest BCUT2D eigenvalue weighted by Gasteiger charge is -2.10. The first-order valence-electron chi connectivity index (χ1n) is 5.09. The molecule has 17 heavy (non-hydrogen) atoms. The Hall–Kier alpha value is -1.88. The van der Waals surface area contributed by atoms with Gasteiger partial charge in [-0.3, -0.25) is 9.59 Å². The largest absolute Gasteiger partial charge is 0.496 e. The van der Waals surface area contributed by atoms with Crippen LogP contribution in [0.25, 0.3) is 0 Å². The van der Waals surface area contributed by atoms with Crippen molar-refractivity contribution in [3.63, 3.8) is 0 Å². The van der Waals surface area contributed by atoms with Crippen LogP contribution in [-0.2, 0) is 9.53 Å². The van der Waals surface area contributed by atoms with E-state index in [9.17, 15) is 9.59 Å². The van der Waals surface area contributed by atoms with Crippen LogP contribution in [-0.4, -0.2) is 32.0 Å². The van der Waals surface area contributed by atoms with Gasteiger partial charge in [-0.15, -0.1) is 0 Å². The predicted octanol–water partition coefficient (Wildman–Crippen LogP) is 0.768. The molecule has 0 aliphatic heterocycles. The van der Waals surface area contributed by atoms with Crippen molar-refractivity contribution in [2.24, 2.45) is 5.73 Å². The van der Waals surface area contributed by atoms with E-state index in [0.29, 0.717) is 11.3 Å². The Kier molecular flexibility index (Phi) is 4.66. The normalized spacial score (nSPS) is 11.7. The molecule has 0 aliphatic rings. The monoisotopic (exact) mass is 237 g/mol. The summed E-state index contributed by atoms with van der Waals surface area (Å²) in [6.45, 7) is 0. The van der Waals surface area contributed by atoms with Crippen LogP contribution in [0.15, 0.2) is 24.3 Å². The van der Waals surface area contributed by atoms with Crippen LogP contribution < -0.4 is 10.5 Å². The number of hydrogen-bond donors (Lipinski definition) is 1. The van der Waals surface area contributed by atoms with Crippen LogP contribution in [0.2, 0.25) is 0 Å². The van der Waals surface area contributed by atoms with Gasteiger partial charge in [0.2, 0.25) is 0 Å². The van der Waals surface area contributed by atoms with Crippen molar-refractivity contribution in [3.05, 3.63) is 29.8 Å². The minimum Gasteiger partial charge on any atom is -0.496 e. The molecule has 5 nitrogen and oxygen atoms in total. The third-order valence-corrected chi connectivity index (χ3v) is 2.32. The van der Waals surface area contributed by atoms with E-state index in [1.165, 1.54) is 14.2 Å². The van der Waals surface area contributed by atoms with Crippen molar-refractivity contribution < 1.29 is 19.1 Å². The molecule has 0 fully saturated rings. The maximum absolute atomic E-state index is 11.9. The van der Waals surface area contributed by atoms with Gasteiger partial charge < -0.3 is 15.2 Å². The predicted molar refractivity (Wildman–Crippen MR) is 61.9 cm³/mol. The molecule has 0 aromatic heterocycles. The first-order chi connectivity index (χ1) is 8.10. The average molecular weight is 237 g/mol. The molecule has 1 rings (SSSR count). The molecule has 0 bridgehead atoms. The first kappa shape index (κ1) is 13.2. The number of ketones is 1. The number of benzene rings is 1. The summed E-state index contributed by atoms with van der Waals surface area (Å²) in [5, 5.41) is 0. The van der Waals surface area contributed by atoms with Gasteiger partial charge in [0.25, 0.3) is 0 Å². The Bertz CT molecular complexity index is 417. The van der Waals surface area contributed by atoms with Crippen LogP contribution in [0, 0.1) is 0 Å². The van der Waals surface area contributed by atoms with E-state index < -0.39 is 12.0 Å². The van der Waals surface area contributed by atoms with Gasteiger partial charge >= 0.3 is 5.97 Å². The highest BCUT2D eigenvalue weighted by Crippen LogP contribution is 2.19. The van der Waals surface area contributed by atoms with Crippen molar-refractivity contribution >= 4 is 11.8 Å². The van der Waals surface area contributed by atoms with Gasteiger partial charge in [-0.05, 0) is 12.1 Å². The number of Topliss-reactive ketones (excluding diaryl/α,β-unsaturated/α-hetero) is 1. The fourth-order valence-electron chi connectivity index (χ4n) is 1.42. The van der Waals surface area contributed by atoms with Gasteiger partial charge in [0.05, 0.1) is 19.8 Å². The fourth-order valence-corrected chi connectivity index (χ4v) is 1.42. The summed E-state index contributed by atoms with van der Waals surface area (Å²) in [6, 6.07) is 5.84. The molecule has 0 amide bonds. The second kappa shape index (κ2) is 6.00. The Labute approximate surface area is 99.5 Å². The number of methoxy groups -OCH3 is 2. The van der Waals surface area contributed by atoms with Crippen LogP contribution in [0.1, 0.15) is 16.8 Å². The number of para-hydroxylation sites is 1. The third kappa shape index (κ3) is 3.29. The second-order valence-corrected chi connectivity index (χ2v) is 3.46. The third-order valence-electron chi connectivity index (χ3n) is 2.32. The minimum absolute atomic E-state index is 0.104. The van der Waals surface area contributed by atoms with Gasteiger partial charge in [0.1, 0.15) is 11.8 Å². The Morgan fingerprint density at radius 1 is 1.29 bits per heavy atom. The van der Waals surface area contributed by atoms with Crippen LogP contribution in [0.5, 0.6) is 5.75 Å². The molecule has 0 saturated carbocycles. The summed E-state index contributed by atoms with van der Waals surface area (Å²) in [7, 11) is 2.71. The number of ether oxygens (including phenoxy) is 2. The Morgan fingerprint density at radius 2 is 1.94 bits per heavy atom. The number of nitrogens with two attached hydrogens (primary N) is 1. The van der Waals surface area contributed by atoms with Crippen molar-refractivity contribution in [2.75, 3.05) is 14.2 Å². The molecular weight excluding hydrogens is 222 g/mol. The summed E-state index contributed by atoms with van der Waals surface area (Å²) in [5.41, 5.74) is 5.93. The highest BCUT2D eigenvalue weighted by atomic mass is 16.5. The number of carbonyl (C=O) groups excluding carboxylic acids is 2. The highest BCUT2D eigenvalue weighted by Gasteiger charge is 2.20. The van der Waals surface area contributed by atoms with Gasteiger partial charge in [-0.25, -0.2) is 0 Å². The first-order valence-corrected chi connectivity index (χ1v) is 5.09. The Morgan fingerprint density at radius 3 is 2.53 bits per heavy atom. The van der Waals surface area contributed by atoms with Crippen LogP contribution >= 0.6 is 0 Å². The number of esters is 1. The molecule has 0 radical (unpaired) electrons. The standard InChI is InChI=1S/C12H15NO4/c1-16-11-6-4-3-5-8(11)10(14)7-9(13)12(15)17-2/h3-6,9H,7,13H2,1-2H3. The summed E-state index contributed by atoms with van der Waals surface area (Å²) >= 11 is 0. The maximum Gasteiger partial charge on any atom is 0.323 e. The lowest BCUT2D eigenvalue weighted by atomic mass is 10.0. The summed E-state index contributed by atoms with van der Waals surface area (Å²) < 4.78 is 9.51. The van der Waals surface area contributed by atoms with E-state index in [0.717, 1.165) is 0 Å². The van der Waals surface area contributed by atoms with E-state index in [4.69, 9.17) is 10.5 Å². The lowest BCUT2D eigenvalue weighted by molar-refractivity contribution is -0.142. The number of hydrogen-bond acceptors (Lipinski definition) is 5. The maximum atomic E-state index is 11.9. The van der Waals surface area contributed by atoms with Gasteiger partial charge in [-0.1, -0.05) is 12.1 Å². The second-order valence-electron chi connectivity index (χ2n) is 3.46. The van der Waals surface area contributed by atoms with Crippen LogP contribution in [0.4, 0.5) is 0 Å². The van der Waals surface area contributed by atoms with E-state index >= 15 is 0 Å². The molecule has 92 valence electrons. The Balaban J connectivity index is 2.79. The molecule has 1 aromatic rings. The van der Waals surface area contributed by atoms with Crippen molar-refractivity contribution in [1.29, 1.82) is 0 Å². The SMILES string of the molecule is COC(=O)C(N)CC(=O)c1ccccc1OC. The minimum atomic E-state index is -0.947. The highest BCUT2D eigenvalue weighted by molar-refractivity contribution is 6.01. The fraction of sp³-hybridized carbons (Fsp3) is 0.333. The topological polar surface area (TPSA) is 78.6 Å². The van der Waals surface area contributed by atoms with Gasteiger partial charge in [-0.2, -0.15) is 0 Å². The van der Waals surface area contributed by atoms with Crippen molar-refractivity contribution in [1.82, 2.24) is 0 Å². The zero-order valence-electron chi connectivity index (χ0n) is 9.80. The lowest BCUT2D eigenvalue weighted by Crippen LogP contribution is -2.33. The van der Waals surface area contributed by atoms with E-state index in [1.54, 1.807) is 24.3 Å². The summed E-state index contributed by atoms with van der Waals surface area (Å²) in [4.78, 5) is 23.0. The number of rotatable bonds is 5. The smallest absolute Gasteiger partial charge is 0.323 e. The molecule has 2 N–H and O–H groups in total.